The molecule has 0 aliphatic carbocycles. The fraction of sp³-hybridized carbons (Fsp3) is 0.296. The normalized spacial score (nSPS) is 15.7. The third-order valence-corrected chi connectivity index (χ3v) is 6.70. The van der Waals surface area contributed by atoms with Crippen LogP contribution in [0.15, 0.2) is 58.4 Å². The molecule has 1 aromatic carbocycles. The molecule has 4 heterocycles. The largest absolute Gasteiger partial charge is 0.482 e. The Balaban J connectivity index is 1.69. The lowest BCUT2D eigenvalue weighted by Gasteiger charge is -2.18. The number of amides is 1. The van der Waals surface area contributed by atoms with Crippen molar-refractivity contribution in [2.45, 2.75) is 32.4 Å². The summed E-state index contributed by atoms with van der Waals surface area (Å²) in [5, 5.41) is 0.832. The predicted molar refractivity (Wildman–Crippen MR) is 144 cm³/mol. The molecule has 0 N–H and O–H groups in total. The number of pyridine rings is 2. The van der Waals surface area contributed by atoms with E-state index < -0.39 is 18.5 Å². The first kappa shape index (κ1) is 26.9. The number of hydrogen-bond donors (Lipinski definition) is 0. The molecule has 1 amide bonds. The number of hydrogen-bond acceptors (Lipinski definition) is 7. The van der Waals surface area contributed by atoms with Crippen molar-refractivity contribution >= 4 is 51.8 Å². The summed E-state index contributed by atoms with van der Waals surface area (Å²) in [6.07, 6.45) is 3.00. The van der Waals surface area contributed by atoms with E-state index in [9.17, 15) is 14.4 Å². The minimum absolute atomic E-state index is 0.000524. The van der Waals surface area contributed by atoms with Crippen LogP contribution in [-0.2, 0) is 20.8 Å². The molecular formula is C27H24Cl2N4O6. The Kier molecular flexibility index (Phi) is 7.97. The Hall–Kier alpha value is -3.73. The van der Waals surface area contributed by atoms with Gasteiger partial charge in [-0.25, -0.2) is 9.78 Å². The van der Waals surface area contributed by atoms with E-state index in [1.54, 1.807) is 42.0 Å². The van der Waals surface area contributed by atoms with Crippen LogP contribution in [0.25, 0.3) is 16.7 Å². The highest BCUT2D eigenvalue weighted by molar-refractivity contribution is 6.35. The van der Waals surface area contributed by atoms with Crippen LogP contribution in [0.2, 0.25) is 10.0 Å². The molecule has 12 heteroatoms. The summed E-state index contributed by atoms with van der Waals surface area (Å²) in [6.45, 7) is 2.09. The Labute approximate surface area is 232 Å². The zero-order valence-corrected chi connectivity index (χ0v) is 22.4. The van der Waals surface area contributed by atoms with E-state index >= 15 is 0 Å². The van der Waals surface area contributed by atoms with Gasteiger partial charge in [-0.05, 0) is 56.2 Å². The molecule has 1 fully saturated rings. The van der Waals surface area contributed by atoms with Gasteiger partial charge in [-0.1, -0.05) is 29.3 Å². The fourth-order valence-corrected chi connectivity index (χ4v) is 4.87. The van der Waals surface area contributed by atoms with Gasteiger partial charge >= 0.3 is 5.97 Å². The van der Waals surface area contributed by atoms with E-state index in [1.165, 1.54) is 22.6 Å². The maximum Gasteiger partial charge on any atom is 0.341 e. The molecule has 0 spiro atoms. The Morgan fingerprint density at radius 1 is 1.21 bits per heavy atom. The molecule has 4 aromatic rings. The average Bonchev–Trinajstić information content (AvgIpc) is 3.43. The number of rotatable bonds is 7. The van der Waals surface area contributed by atoms with Crippen molar-refractivity contribution in [3.63, 3.8) is 0 Å². The van der Waals surface area contributed by atoms with Crippen LogP contribution in [0.3, 0.4) is 0 Å². The van der Waals surface area contributed by atoms with Crippen LogP contribution in [0, 0.1) is 0 Å². The molecule has 0 bridgehead atoms. The van der Waals surface area contributed by atoms with Gasteiger partial charge in [0.25, 0.3) is 11.5 Å². The Morgan fingerprint density at radius 3 is 2.79 bits per heavy atom. The van der Waals surface area contributed by atoms with Gasteiger partial charge in [0.05, 0.1) is 29.7 Å². The van der Waals surface area contributed by atoms with Gasteiger partial charge in [0.1, 0.15) is 22.6 Å². The van der Waals surface area contributed by atoms with Crippen LogP contribution in [-0.4, -0.2) is 51.8 Å². The third-order valence-electron chi connectivity index (χ3n) is 6.17. The van der Waals surface area contributed by atoms with E-state index in [0.717, 1.165) is 12.8 Å². The summed E-state index contributed by atoms with van der Waals surface area (Å²) in [5.41, 5.74) is 0.246. The first-order valence-corrected chi connectivity index (χ1v) is 13.1. The van der Waals surface area contributed by atoms with E-state index in [1.807, 2.05) is 0 Å². The van der Waals surface area contributed by atoms with Gasteiger partial charge < -0.3 is 18.8 Å². The molecule has 5 rings (SSSR count). The monoisotopic (exact) mass is 570 g/mol. The molecule has 1 unspecified atom stereocenters. The second kappa shape index (κ2) is 11.6. The van der Waals surface area contributed by atoms with Gasteiger partial charge in [-0.2, -0.15) is 4.99 Å². The van der Waals surface area contributed by atoms with Gasteiger partial charge in [0.2, 0.25) is 0 Å². The third kappa shape index (κ3) is 5.68. The minimum Gasteiger partial charge on any atom is -0.482 e. The highest BCUT2D eigenvalue weighted by atomic mass is 35.5. The number of carbonyl (C=O) groups is 2. The summed E-state index contributed by atoms with van der Waals surface area (Å²) < 4.78 is 19.6. The zero-order valence-electron chi connectivity index (χ0n) is 20.9. The van der Waals surface area contributed by atoms with E-state index in [0.29, 0.717) is 17.3 Å². The molecule has 202 valence electrons. The fourth-order valence-electron chi connectivity index (χ4n) is 4.40. The summed E-state index contributed by atoms with van der Waals surface area (Å²) in [6, 6.07) is 11.2. The lowest BCUT2D eigenvalue weighted by Crippen LogP contribution is -2.35. The average molecular weight is 571 g/mol. The maximum absolute atomic E-state index is 13.4. The molecule has 1 aliphatic heterocycles. The summed E-state index contributed by atoms with van der Waals surface area (Å²) in [4.78, 5) is 48.5. The van der Waals surface area contributed by atoms with Crippen molar-refractivity contribution < 1.29 is 23.8 Å². The number of esters is 1. The van der Waals surface area contributed by atoms with Crippen LogP contribution < -0.4 is 15.8 Å². The molecule has 0 radical (unpaired) electrons. The highest BCUT2D eigenvalue weighted by Crippen LogP contribution is 2.27. The quantitative estimate of drug-likeness (QED) is 0.245. The standard InChI is InChI=1S/C27H24Cl2N4O6/c1-2-37-27(36)19-13-18-24(30-22-7-3-4-10-32(22)26(18)35)33(14-17-6-5-11-38-17)25(19)31-23(34)15-39-21-9-8-16(28)12-20(21)29/h3-4,7-10,12-13,17H,2,5-6,11,14-15H2,1H3. The van der Waals surface area contributed by atoms with Crippen molar-refractivity contribution in [2.24, 2.45) is 4.99 Å². The molecule has 1 aliphatic rings. The first-order valence-electron chi connectivity index (χ1n) is 12.3. The number of carbonyl (C=O) groups excluding carboxylic acids is 2. The van der Waals surface area contributed by atoms with Crippen LogP contribution in [0.4, 0.5) is 0 Å². The molecule has 1 atom stereocenters. The summed E-state index contributed by atoms with van der Waals surface area (Å²) >= 11 is 12.1. The maximum atomic E-state index is 13.4. The number of nitrogens with zero attached hydrogens (tertiary/aromatic N) is 4. The van der Waals surface area contributed by atoms with Crippen molar-refractivity contribution in [1.82, 2.24) is 14.0 Å². The van der Waals surface area contributed by atoms with Crippen LogP contribution in [0.1, 0.15) is 30.1 Å². The number of fused-ring (bicyclic) bond motifs is 2. The minimum atomic E-state index is -0.730. The van der Waals surface area contributed by atoms with E-state index in [4.69, 9.17) is 42.4 Å². The van der Waals surface area contributed by atoms with E-state index in [2.05, 4.69) is 4.99 Å². The molecule has 39 heavy (non-hydrogen) atoms. The van der Waals surface area contributed by atoms with Gasteiger partial charge in [-0.15, -0.1) is 0 Å². The molecular weight excluding hydrogens is 547 g/mol. The van der Waals surface area contributed by atoms with Crippen molar-refractivity contribution in [3.8, 4) is 5.75 Å². The van der Waals surface area contributed by atoms with Gasteiger partial charge in [-0.3, -0.25) is 14.0 Å². The molecule has 10 nitrogen and oxygen atoms in total. The van der Waals surface area contributed by atoms with Crippen LogP contribution >= 0.6 is 23.2 Å². The van der Waals surface area contributed by atoms with Crippen LogP contribution in [0.5, 0.6) is 5.75 Å². The van der Waals surface area contributed by atoms with Gasteiger partial charge in [0, 0.05) is 17.8 Å². The Bertz CT molecular complexity index is 1710. The second-order valence-electron chi connectivity index (χ2n) is 8.80. The van der Waals surface area contributed by atoms with Crippen molar-refractivity contribution in [1.29, 1.82) is 0 Å². The summed E-state index contributed by atoms with van der Waals surface area (Å²) in [5.74, 6) is -1.17. The number of aromatic nitrogens is 3. The van der Waals surface area contributed by atoms with Crippen molar-refractivity contribution in [3.05, 3.63) is 80.1 Å². The SMILES string of the molecule is CCOC(=O)c1cc2c(=O)n3ccccc3nc2n(CC2CCCO2)c1=NC(=O)COc1ccc(Cl)cc1Cl. The zero-order chi connectivity index (χ0) is 27.5. The molecule has 1 saturated heterocycles. The van der Waals surface area contributed by atoms with Crippen molar-refractivity contribution in [2.75, 3.05) is 19.8 Å². The molecule has 3 aromatic heterocycles. The second-order valence-corrected chi connectivity index (χ2v) is 9.64. The summed E-state index contributed by atoms with van der Waals surface area (Å²) in [7, 11) is 0. The highest BCUT2D eigenvalue weighted by Gasteiger charge is 2.24. The smallest absolute Gasteiger partial charge is 0.341 e. The van der Waals surface area contributed by atoms with Gasteiger partial charge in [0.15, 0.2) is 12.1 Å². The topological polar surface area (TPSA) is 113 Å². The Morgan fingerprint density at radius 2 is 2.05 bits per heavy atom. The molecule has 0 saturated carbocycles. The number of benzene rings is 1. The first-order chi connectivity index (χ1) is 18.9. The predicted octanol–water partition coefficient (Wildman–Crippen LogP) is 3.82. The lowest BCUT2D eigenvalue weighted by molar-refractivity contribution is -0.120. The number of ether oxygens (including phenoxy) is 3. The lowest BCUT2D eigenvalue weighted by atomic mass is 10.2. The van der Waals surface area contributed by atoms with E-state index in [-0.39, 0.29) is 57.7 Å². The number of halogens is 2.